The van der Waals surface area contributed by atoms with Crippen molar-refractivity contribution in [2.45, 2.75) is 39.0 Å². The molecular weight excluding hydrogens is 276 g/mol. The summed E-state index contributed by atoms with van der Waals surface area (Å²) in [6, 6.07) is 10.00. The van der Waals surface area contributed by atoms with Crippen molar-refractivity contribution in [3.8, 4) is 0 Å². The fourth-order valence-electron chi connectivity index (χ4n) is 3.14. The highest BCUT2D eigenvalue weighted by atomic mass is 16.3. The third-order valence-corrected chi connectivity index (χ3v) is 4.47. The molecule has 0 aliphatic carbocycles. The lowest BCUT2D eigenvalue weighted by atomic mass is 9.87. The summed E-state index contributed by atoms with van der Waals surface area (Å²) in [5.74, 6) is 0.352. The van der Waals surface area contributed by atoms with E-state index in [4.69, 9.17) is 0 Å². The van der Waals surface area contributed by atoms with Crippen LogP contribution in [0.15, 0.2) is 36.5 Å². The van der Waals surface area contributed by atoms with E-state index in [0.29, 0.717) is 5.92 Å². The van der Waals surface area contributed by atoms with Gasteiger partial charge < -0.3 is 5.11 Å². The first-order valence-electron chi connectivity index (χ1n) is 8.10. The molecule has 3 rings (SSSR count). The van der Waals surface area contributed by atoms with Crippen LogP contribution in [0, 0.1) is 5.92 Å². The van der Waals surface area contributed by atoms with Crippen molar-refractivity contribution in [2.75, 3.05) is 13.1 Å². The second-order valence-corrected chi connectivity index (χ2v) is 5.99. The lowest BCUT2D eigenvalue weighted by Gasteiger charge is -2.33. The number of likely N-dealkylation sites (tertiary alicyclic amines) is 1. The van der Waals surface area contributed by atoms with Gasteiger partial charge in [-0.2, -0.15) is 15.0 Å². The molecule has 5 heteroatoms. The first kappa shape index (κ1) is 15.2. The Hall–Kier alpha value is -1.72. The predicted molar refractivity (Wildman–Crippen MR) is 85.1 cm³/mol. The number of aliphatic hydroxyl groups is 1. The zero-order chi connectivity index (χ0) is 15.4. The summed E-state index contributed by atoms with van der Waals surface area (Å²) in [6.45, 7) is 5.72. The Kier molecular flexibility index (Phi) is 4.85. The molecule has 1 aliphatic heterocycles. The van der Waals surface area contributed by atoms with E-state index < -0.39 is 0 Å². The molecule has 1 unspecified atom stereocenters. The van der Waals surface area contributed by atoms with Crippen molar-refractivity contribution in [2.24, 2.45) is 5.92 Å². The lowest BCUT2D eigenvalue weighted by Crippen LogP contribution is -2.35. The molecule has 0 saturated carbocycles. The normalized spacial score (nSPS) is 18.5. The molecule has 1 atom stereocenters. The van der Waals surface area contributed by atoms with Gasteiger partial charge in [0.1, 0.15) is 0 Å². The summed E-state index contributed by atoms with van der Waals surface area (Å²) in [6.07, 6.45) is 3.56. The Morgan fingerprint density at radius 3 is 2.59 bits per heavy atom. The van der Waals surface area contributed by atoms with E-state index in [1.165, 1.54) is 0 Å². The van der Waals surface area contributed by atoms with Crippen LogP contribution in [0.5, 0.6) is 0 Å². The van der Waals surface area contributed by atoms with Crippen molar-refractivity contribution in [1.82, 2.24) is 19.9 Å². The summed E-state index contributed by atoms with van der Waals surface area (Å²) in [4.78, 5) is 4.12. The Morgan fingerprint density at radius 2 is 1.95 bits per heavy atom. The van der Waals surface area contributed by atoms with Crippen molar-refractivity contribution >= 4 is 0 Å². The number of benzene rings is 1. The van der Waals surface area contributed by atoms with E-state index in [2.05, 4.69) is 15.1 Å². The van der Waals surface area contributed by atoms with Gasteiger partial charge in [0.2, 0.25) is 0 Å². The fraction of sp³-hybridized carbons (Fsp3) is 0.529. The van der Waals surface area contributed by atoms with Gasteiger partial charge in [0.25, 0.3) is 0 Å². The molecule has 0 spiro atoms. The largest absolute Gasteiger partial charge is 0.388 e. The molecular formula is C17H24N4O. The quantitative estimate of drug-likeness (QED) is 0.920. The van der Waals surface area contributed by atoms with Gasteiger partial charge in [-0.1, -0.05) is 30.3 Å². The number of piperidine rings is 1. The van der Waals surface area contributed by atoms with Gasteiger partial charge in [0, 0.05) is 6.54 Å². The molecule has 0 bridgehead atoms. The predicted octanol–water partition coefficient (Wildman–Crippen LogP) is 2.24. The highest BCUT2D eigenvalue weighted by Crippen LogP contribution is 2.30. The Morgan fingerprint density at radius 1 is 1.23 bits per heavy atom. The molecule has 118 valence electrons. The summed E-state index contributed by atoms with van der Waals surface area (Å²) >= 11 is 0. The zero-order valence-corrected chi connectivity index (χ0v) is 13.1. The van der Waals surface area contributed by atoms with Crippen LogP contribution in [0.4, 0.5) is 0 Å². The summed E-state index contributed by atoms with van der Waals surface area (Å²) in [5.41, 5.74) is 2.07. The average Bonchev–Trinajstić information content (AvgIpc) is 3.03. The number of hydrogen-bond acceptors (Lipinski definition) is 4. The molecule has 22 heavy (non-hydrogen) atoms. The molecule has 1 N–H and O–H groups in total. The van der Waals surface area contributed by atoms with Crippen LogP contribution in [0.25, 0.3) is 0 Å². The van der Waals surface area contributed by atoms with Gasteiger partial charge >= 0.3 is 0 Å². The second kappa shape index (κ2) is 7.03. The number of hydrogen-bond donors (Lipinski definition) is 1. The summed E-state index contributed by atoms with van der Waals surface area (Å²) in [7, 11) is 0. The number of nitrogens with zero attached hydrogens (tertiary/aromatic N) is 4. The lowest BCUT2D eigenvalue weighted by molar-refractivity contribution is 0.0564. The van der Waals surface area contributed by atoms with Gasteiger partial charge in [-0.15, -0.1) is 0 Å². The Bertz CT molecular complexity index is 575. The van der Waals surface area contributed by atoms with E-state index in [9.17, 15) is 5.11 Å². The van der Waals surface area contributed by atoms with Gasteiger partial charge in [-0.05, 0) is 44.3 Å². The summed E-state index contributed by atoms with van der Waals surface area (Å²) in [5, 5.41) is 19.2. The molecule has 1 fully saturated rings. The van der Waals surface area contributed by atoms with E-state index in [-0.39, 0.29) is 6.10 Å². The number of aliphatic hydroxyl groups excluding tert-OH is 1. The molecule has 1 saturated heterocycles. The molecule has 1 aromatic heterocycles. The fourth-order valence-corrected chi connectivity index (χ4v) is 3.14. The maximum atomic E-state index is 10.5. The van der Waals surface area contributed by atoms with Crippen LogP contribution in [-0.4, -0.2) is 38.1 Å². The van der Waals surface area contributed by atoms with E-state index in [1.54, 1.807) is 4.80 Å². The summed E-state index contributed by atoms with van der Waals surface area (Å²) < 4.78 is 0. The van der Waals surface area contributed by atoms with E-state index >= 15 is 0 Å². The van der Waals surface area contributed by atoms with Gasteiger partial charge in [-0.25, -0.2) is 0 Å². The molecule has 2 heterocycles. The van der Waals surface area contributed by atoms with Gasteiger partial charge in [0.05, 0.1) is 24.5 Å². The Labute approximate surface area is 131 Å². The highest BCUT2D eigenvalue weighted by Gasteiger charge is 2.26. The molecule has 1 aliphatic rings. The monoisotopic (exact) mass is 300 g/mol. The third-order valence-electron chi connectivity index (χ3n) is 4.47. The van der Waals surface area contributed by atoms with Crippen molar-refractivity contribution < 1.29 is 5.11 Å². The molecule has 0 amide bonds. The van der Waals surface area contributed by atoms with Crippen molar-refractivity contribution in [1.29, 1.82) is 0 Å². The second-order valence-electron chi connectivity index (χ2n) is 5.99. The van der Waals surface area contributed by atoms with Crippen LogP contribution in [0.1, 0.15) is 37.1 Å². The minimum atomic E-state index is -0.343. The van der Waals surface area contributed by atoms with Crippen LogP contribution in [0.2, 0.25) is 0 Å². The first-order valence-corrected chi connectivity index (χ1v) is 8.10. The molecule has 2 aromatic rings. The topological polar surface area (TPSA) is 54.2 Å². The smallest absolute Gasteiger partial charge is 0.0967 e. The standard InChI is InChI=1S/C17H24N4O/c1-2-21-18-12-16(19-21)13-20-10-8-15(9-11-20)17(22)14-6-4-3-5-7-14/h3-7,12,15,17,22H,2,8-11,13H2,1H3. The number of aryl methyl sites for hydroxylation is 1. The van der Waals surface area contributed by atoms with Crippen LogP contribution < -0.4 is 0 Å². The minimum Gasteiger partial charge on any atom is -0.388 e. The molecule has 0 radical (unpaired) electrons. The molecule has 5 nitrogen and oxygen atoms in total. The first-order chi connectivity index (χ1) is 10.8. The highest BCUT2D eigenvalue weighted by molar-refractivity contribution is 5.18. The zero-order valence-electron chi connectivity index (χ0n) is 13.1. The van der Waals surface area contributed by atoms with Gasteiger partial charge in [-0.3, -0.25) is 4.90 Å². The van der Waals surface area contributed by atoms with Crippen LogP contribution >= 0.6 is 0 Å². The maximum absolute atomic E-state index is 10.5. The number of aromatic nitrogens is 3. The molecule has 1 aromatic carbocycles. The minimum absolute atomic E-state index is 0.343. The van der Waals surface area contributed by atoms with Gasteiger partial charge in [0.15, 0.2) is 0 Å². The van der Waals surface area contributed by atoms with E-state index in [1.807, 2.05) is 43.5 Å². The van der Waals surface area contributed by atoms with Crippen LogP contribution in [-0.2, 0) is 13.1 Å². The third kappa shape index (κ3) is 3.54. The van der Waals surface area contributed by atoms with Crippen LogP contribution in [0.3, 0.4) is 0 Å². The SMILES string of the molecule is CCn1ncc(CN2CCC(C(O)c3ccccc3)CC2)n1. The van der Waals surface area contributed by atoms with Crippen molar-refractivity contribution in [3.05, 3.63) is 47.8 Å². The van der Waals surface area contributed by atoms with Crippen molar-refractivity contribution in [3.63, 3.8) is 0 Å². The maximum Gasteiger partial charge on any atom is 0.0967 e. The van der Waals surface area contributed by atoms with E-state index in [0.717, 1.165) is 50.3 Å². The average molecular weight is 300 g/mol. The number of rotatable bonds is 5. The Balaban J connectivity index is 1.52.